The molecule has 17 heavy (non-hydrogen) atoms. The van der Waals surface area contributed by atoms with Crippen molar-refractivity contribution >= 4 is 6.03 Å². The molecule has 2 unspecified atom stereocenters. The number of hydrogen-bond acceptors (Lipinski definition) is 2. The van der Waals surface area contributed by atoms with Gasteiger partial charge in [-0.3, -0.25) is 0 Å². The van der Waals surface area contributed by atoms with Gasteiger partial charge in [0.05, 0.1) is 0 Å². The third kappa shape index (κ3) is 2.15. The van der Waals surface area contributed by atoms with E-state index in [1.807, 2.05) is 4.90 Å². The Morgan fingerprint density at radius 3 is 2.59 bits per heavy atom. The third-order valence-corrected chi connectivity index (χ3v) is 4.64. The minimum Gasteiger partial charge on any atom is -0.322 e. The van der Waals surface area contributed by atoms with Gasteiger partial charge in [0.1, 0.15) is 0 Å². The van der Waals surface area contributed by atoms with Gasteiger partial charge in [0.15, 0.2) is 0 Å². The molecule has 0 radical (unpaired) electrons. The SMILES string of the molecule is O=C(N1CCNCC1)N1CCC2CCCCC21. The second kappa shape index (κ2) is 4.84. The molecule has 4 heteroatoms. The molecule has 3 rings (SSSR count). The fourth-order valence-electron chi connectivity index (χ4n) is 3.68. The highest BCUT2D eigenvalue weighted by Crippen LogP contribution is 2.36. The maximum Gasteiger partial charge on any atom is 0.320 e. The summed E-state index contributed by atoms with van der Waals surface area (Å²) in [5, 5.41) is 3.30. The smallest absolute Gasteiger partial charge is 0.320 e. The average Bonchev–Trinajstić information content (AvgIpc) is 2.83. The lowest BCUT2D eigenvalue weighted by atomic mass is 9.85. The van der Waals surface area contributed by atoms with Crippen LogP contribution in [0.25, 0.3) is 0 Å². The van der Waals surface area contributed by atoms with E-state index in [9.17, 15) is 4.79 Å². The fourth-order valence-corrected chi connectivity index (χ4v) is 3.68. The molecule has 2 saturated heterocycles. The van der Waals surface area contributed by atoms with Crippen molar-refractivity contribution in [1.29, 1.82) is 0 Å². The van der Waals surface area contributed by atoms with E-state index in [4.69, 9.17) is 0 Å². The molecular weight excluding hydrogens is 214 g/mol. The molecule has 96 valence electrons. The minimum atomic E-state index is 0.306. The highest BCUT2D eigenvalue weighted by atomic mass is 16.2. The van der Waals surface area contributed by atoms with Crippen LogP contribution in [0.2, 0.25) is 0 Å². The van der Waals surface area contributed by atoms with Gasteiger partial charge in [0, 0.05) is 38.8 Å². The molecule has 0 spiro atoms. The monoisotopic (exact) mass is 237 g/mol. The Bertz CT molecular complexity index is 288. The maximum atomic E-state index is 12.5. The van der Waals surface area contributed by atoms with Gasteiger partial charge in [-0.15, -0.1) is 0 Å². The molecule has 2 heterocycles. The zero-order chi connectivity index (χ0) is 11.7. The summed E-state index contributed by atoms with van der Waals surface area (Å²) in [4.78, 5) is 16.7. The largest absolute Gasteiger partial charge is 0.322 e. The Morgan fingerprint density at radius 1 is 1.00 bits per heavy atom. The van der Waals surface area contributed by atoms with E-state index < -0.39 is 0 Å². The average molecular weight is 237 g/mol. The molecule has 3 aliphatic rings. The second-order valence-corrected chi connectivity index (χ2v) is 5.61. The van der Waals surface area contributed by atoms with Crippen LogP contribution in [0.15, 0.2) is 0 Å². The van der Waals surface area contributed by atoms with Crippen molar-refractivity contribution in [1.82, 2.24) is 15.1 Å². The molecule has 0 aromatic rings. The number of nitrogens with one attached hydrogen (secondary N) is 1. The molecular formula is C13H23N3O. The summed E-state index contributed by atoms with van der Waals surface area (Å²) in [6.45, 7) is 4.67. The number of carbonyl (C=O) groups excluding carboxylic acids is 1. The van der Waals surface area contributed by atoms with Gasteiger partial charge in [0.2, 0.25) is 0 Å². The second-order valence-electron chi connectivity index (χ2n) is 5.61. The van der Waals surface area contributed by atoms with E-state index in [0.29, 0.717) is 12.1 Å². The number of likely N-dealkylation sites (tertiary alicyclic amines) is 1. The lowest BCUT2D eigenvalue weighted by molar-refractivity contribution is 0.127. The van der Waals surface area contributed by atoms with Crippen LogP contribution < -0.4 is 5.32 Å². The van der Waals surface area contributed by atoms with E-state index in [1.54, 1.807) is 0 Å². The molecule has 2 amide bonds. The molecule has 0 aromatic heterocycles. The zero-order valence-electron chi connectivity index (χ0n) is 10.5. The van der Waals surface area contributed by atoms with E-state index in [0.717, 1.165) is 38.6 Å². The first kappa shape index (κ1) is 11.3. The molecule has 2 aliphatic heterocycles. The zero-order valence-corrected chi connectivity index (χ0v) is 10.5. The number of rotatable bonds is 0. The van der Waals surface area contributed by atoms with Crippen molar-refractivity contribution in [2.24, 2.45) is 5.92 Å². The number of amides is 2. The minimum absolute atomic E-state index is 0.306. The normalized spacial score (nSPS) is 33.6. The van der Waals surface area contributed by atoms with Crippen molar-refractivity contribution in [3.05, 3.63) is 0 Å². The van der Waals surface area contributed by atoms with Gasteiger partial charge in [-0.2, -0.15) is 0 Å². The van der Waals surface area contributed by atoms with Crippen LogP contribution in [0, 0.1) is 5.92 Å². The molecule has 1 aliphatic carbocycles. The number of urea groups is 1. The van der Waals surface area contributed by atoms with E-state index in [2.05, 4.69) is 10.2 Å². The molecule has 0 bridgehead atoms. The van der Waals surface area contributed by atoms with Crippen LogP contribution in [-0.4, -0.2) is 54.6 Å². The number of piperazine rings is 1. The predicted molar refractivity (Wildman–Crippen MR) is 66.9 cm³/mol. The number of hydrogen-bond donors (Lipinski definition) is 1. The Balaban J connectivity index is 1.65. The lowest BCUT2D eigenvalue weighted by Crippen LogP contribution is -2.53. The van der Waals surface area contributed by atoms with Gasteiger partial charge in [-0.05, 0) is 25.2 Å². The van der Waals surface area contributed by atoms with Gasteiger partial charge in [0.25, 0.3) is 0 Å². The van der Waals surface area contributed by atoms with Crippen LogP contribution in [0.5, 0.6) is 0 Å². The quantitative estimate of drug-likeness (QED) is 0.689. The molecule has 1 N–H and O–H groups in total. The molecule has 4 nitrogen and oxygen atoms in total. The standard InChI is InChI=1S/C13H23N3O/c17-13(15-9-6-14-7-10-15)16-8-5-11-3-1-2-4-12(11)16/h11-12,14H,1-10H2. The van der Waals surface area contributed by atoms with Crippen LogP contribution in [0.3, 0.4) is 0 Å². The molecule has 0 aromatic carbocycles. The summed E-state index contributed by atoms with van der Waals surface area (Å²) < 4.78 is 0. The van der Waals surface area contributed by atoms with Crippen molar-refractivity contribution in [2.45, 2.75) is 38.1 Å². The first-order valence-corrected chi connectivity index (χ1v) is 7.12. The first-order chi connectivity index (χ1) is 8.36. The Labute approximate surface area is 103 Å². The van der Waals surface area contributed by atoms with Crippen molar-refractivity contribution in [3.8, 4) is 0 Å². The van der Waals surface area contributed by atoms with Gasteiger partial charge >= 0.3 is 6.03 Å². The van der Waals surface area contributed by atoms with Crippen LogP contribution >= 0.6 is 0 Å². The van der Waals surface area contributed by atoms with Gasteiger partial charge in [-0.25, -0.2) is 4.79 Å². The van der Waals surface area contributed by atoms with Crippen molar-refractivity contribution in [2.75, 3.05) is 32.7 Å². The number of fused-ring (bicyclic) bond motifs is 1. The van der Waals surface area contributed by atoms with E-state index in [-0.39, 0.29) is 0 Å². The molecule has 2 atom stereocenters. The Kier molecular flexibility index (Phi) is 3.23. The highest BCUT2D eigenvalue weighted by Gasteiger charge is 2.39. The third-order valence-electron chi connectivity index (χ3n) is 4.64. The lowest BCUT2D eigenvalue weighted by Gasteiger charge is -2.36. The van der Waals surface area contributed by atoms with Crippen LogP contribution in [-0.2, 0) is 0 Å². The van der Waals surface area contributed by atoms with Crippen molar-refractivity contribution < 1.29 is 4.79 Å². The summed E-state index contributed by atoms with van der Waals surface area (Å²) in [6.07, 6.45) is 6.50. The fraction of sp³-hybridized carbons (Fsp3) is 0.923. The number of carbonyl (C=O) groups is 1. The summed E-state index contributed by atoms with van der Waals surface area (Å²) in [7, 11) is 0. The molecule has 3 fully saturated rings. The molecule has 1 saturated carbocycles. The maximum absolute atomic E-state index is 12.5. The topological polar surface area (TPSA) is 35.6 Å². The van der Waals surface area contributed by atoms with Gasteiger partial charge in [-0.1, -0.05) is 12.8 Å². The Morgan fingerprint density at radius 2 is 1.76 bits per heavy atom. The van der Waals surface area contributed by atoms with Crippen molar-refractivity contribution in [3.63, 3.8) is 0 Å². The number of nitrogens with zero attached hydrogens (tertiary/aromatic N) is 2. The van der Waals surface area contributed by atoms with E-state index >= 15 is 0 Å². The summed E-state index contributed by atoms with van der Waals surface area (Å²) in [5.74, 6) is 0.801. The summed E-state index contributed by atoms with van der Waals surface area (Å²) >= 11 is 0. The van der Waals surface area contributed by atoms with Crippen LogP contribution in [0.1, 0.15) is 32.1 Å². The van der Waals surface area contributed by atoms with Gasteiger partial charge < -0.3 is 15.1 Å². The van der Waals surface area contributed by atoms with E-state index in [1.165, 1.54) is 32.1 Å². The summed E-state index contributed by atoms with van der Waals surface area (Å²) in [6, 6.07) is 0.868. The Hall–Kier alpha value is -0.770. The highest BCUT2D eigenvalue weighted by molar-refractivity contribution is 5.75. The predicted octanol–water partition coefficient (Wildman–Crippen LogP) is 1.28. The summed E-state index contributed by atoms with van der Waals surface area (Å²) in [5.41, 5.74) is 0. The van der Waals surface area contributed by atoms with Crippen LogP contribution in [0.4, 0.5) is 4.79 Å². The first-order valence-electron chi connectivity index (χ1n) is 7.12.